The number of benzene rings is 2. The highest BCUT2D eigenvalue weighted by Gasteiger charge is 2.34. The highest BCUT2D eigenvalue weighted by molar-refractivity contribution is 7.07. The van der Waals surface area contributed by atoms with Gasteiger partial charge in [-0.15, -0.1) is 0 Å². The lowest BCUT2D eigenvalue weighted by molar-refractivity contribution is -0.384. The van der Waals surface area contributed by atoms with Gasteiger partial charge >= 0.3 is 11.9 Å². The predicted molar refractivity (Wildman–Crippen MR) is 138 cm³/mol. The first-order valence-corrected chi connectivity index (χ1v) is 12.3. The molecule has 196 valence electrons. The van der Waals surface area contributed by atoms with Crippen LogP contribution < -0.4 is 24.4 Å². The number of nitro benzene ring substituents is 1. The van der Waals surface area contributed by atoms with Crippen LogP contribution in [-0.2, 0) is 14.3 Å². The second-order valence-electron chi connectivity index (χ2n) is 8.16. The first-order chi connectivity index (χ1) is 18.1. The summed E-state index contributed by atoms with van der Waals surface area (Å²) in [5, 5.41) is 11.4. The van der Waals surface area contributed by atoms with Gasteiger partial charge in [-0.2, -0.15) is 0 Å². The normalized spacial score (nSPS) is 14.9. The van der Waals surface area contributed by atoms with Gasteiger partial charge in [-0.25, -0.2) is 9.79 Å². The van der Waals surface area contributed by atoms with Crippen molar-refractivity contribution in [2.75, 3.05) is 13.7 Å². The van der Waals surface area contributed by atoms with Crippen molar-refractivity contribution in [1.82, 2.24) is 4.57 Å². The van der Waals surface area contributed by atoms with Crippen molar-refractivity contribution in [3.05, 3.63) is 94.7 Å². The molecule has 0 fully saturated rings. The predicted octanol–water partition coefficient (Wildman–Crippen LogP) is 2.64. The minimum absolute atomic E-state index is 0.104. The van der Waals surface area contributed by atoms with E-state index in [-0.39, 0.29) is 23.6 Å². The average molecular weight is 538 g/mol. The zero-order valence-electron chi connectivity index (χ0n) is 20.9. The van der Waals surface area contributed by atoms with Crippen molar-refractivity contribution in [2.45, 2.75) is 26.8 Å². The number of ether oxygens (including phenoxy) is 3. The molecule has 0 spiro atoms. The third-order valence-corrected chi connectivity index (χ3v) is 6.64. The quantitative estimate of drug-likeness (QED) is 0.194. The number of carbonyl (C=O) groups is 2. The number of carbonyl (C=O) groups excluding carboxylic acids is 2. The van der Waals surface area contributed by atoms with Crippen LogP contribution in [-0.4, -0.2) is 35.1 Å². The second-order valence-corrected chi connectivity index (χ2v) is 9.17. The molecule has 38 heavy (non-hydrogen) atoms. The molecule has 0 radical (unpaired) electrons. The van der Waals surface area contributed by atoms with E-state index in [1.54, 1.807) is 44.2 Å². The number of nitro groups is 1. The summed E-state index contributed by atoms with van der Waals surface area (Å²) in [5.74, 6) is -0.626. The Morgan fingerprint density at radius 1 is 1.21 bits per heavy atom. The molecule has 0 amide bonds. The first kappa shape index (κ1) is 26.5. The van der Waals surface area contributed by atoms with Gasteiger partial charge in [0.15, 0.2) is 16.3 Å². The molecule has 0 saturated carbocycles. The Morgan fingerprint density at radius 2 is 1.97 bits per heavy atom. The fourth-order valence-electron chi connectivity index (χ4n) is 4.08. The number of non-ortho nitro benzene ring substituents is 1. The highest BCUT2D eigenvalue weighted by atomic mass is 32.1. The number of fused-ring (bicyclic) bond motifs is 1. The summed E-state index contributed by atoms with van der Waals surface area (Å²) >= 11 is 1.11. The Bertz CT molecular complexity index is 1670. The minimum atomic E-state index is -0.978. The Balaban J connectivity index is 1.92. The van der Waals surface area contributed by atoms with Crippen molar-refractivity contribution in [2.24, 2.45) is 4.99 Å². The SMILES string of the molecule is CCOC(=O)C1=C(C)N=c2sc(=Cc3ccc(OC(C)=O)c(OC)c3)c(=O)n2C1c1cccc([N+](=O)[O-])c1. The maximum atomic E-state index is 13.7. The van der Waals surface area contributed by atoms with Crippen molar-refractivity contribution >= 4 is 35.0 Å². The number of esters is 2. The summed E-state index contributed by atoms with van der Waals surface area (Å²) < 4.78 is 17.3. The van der Waals surface area contributed by atoms with Crippen LogP contribution in [0.5, 0.6) is 11.5 Å². The van der Waals surface area contributed by atoms with Gasteiger partial charge in [0, 0.05) is 19.1 Å². The van der Waals surface area contributed by atoms with E-state index in [1.807, 2.05) is 0 Å². The molecule has 4 rings (SSSR count). The summed E-state index contributed by atoms with van der Waals surface area (Å²) in [4.78, 5) is 53.7. The Morgan fingerprint density at radius 3 is 2.63 bits per heavy atom. The van der Waals surface area contributed by atoms with E-state index in [2.05, 4.69) is 4.99 Å². The van der Waals surface area contributed by atoms with Gasteiger partial charge in [0.1, 0.15) is 0 Å². The number of aromatic nitrogens is 1. The summed E-state index contributed by atoms with van der Waals surface area (Å²) in [6.45, 7) is 4.67. The largest absolute Gasteiger partial charge is 0.493 e. The van der Waals surface area contributed by atoms with E-state index in [4.69, 9.17) is 14.2 Å². The van der Waals surface area contributed by atoms with E-state index < -0.39 is 28.5 Å². The third-order valence-electron chi connectivity index (χ3n) is 5.65. The van der Waals surface area contributed by atoms with Crippen LogP contribution in [0.15, 0.2) is 63.5 Å². The molecule has 2 heterocycles. The van der Waals surface area contributed by atoms with Crippen LogP contribution in [0.25, 0.3) is 6.08 Å². The Hall–Kier alpha value is -4.58. The van der Waals surface area contributed by atoms with Gasteiger partial charge in [0.25, 0.3) is 11.2 Å². The molecule has 1 aromatic heterocycles. The van der Waals surface area contributed by atoms with Gasteiger partial charge in [0.2, 0.25) is 0 Å². The van der Waals surface area contributed by atoms with E-state index in [9.17, 15) is 24.5 Å². The van der Waals surface area contributed by atoms with Crippen molar-refractivity contribution in [1.29, 1.82) is 0 Å². The molecule has 0 saturated heterocycles. The number of thiazole rings is 1. The monoisotopic (exact) mass is 537 g/mol. The van der Waals surface area contributed by atoms with Crippen LogP contribution in [0.3, 0.4) is 0 Å². The topological polar surface area (TPSA) is 139 Å². The van der Waals surface area contributed by atoms with E-state index in [0.717, 1.165) is 11.3 Å². The molecule has 0 aliphatic carbocycles. The van der Waals surface area contributed by atoms with Gasteiger partial charge in [-0.3, -0.25) is 24.3 Å². The standard InChI is InChI=1S/C26H23N3O8S/c1-5-36-25(32)22-14(2)27-26-28(23(22)17-7-6-8-18(13-17)29(33)34)24(31)21(38-26)12-16-9-10-19(37-15(3)30)20(11-16)35-4/h6-13,23H,5H2,1-4H3. The van der Waals surface area contributed by atoms with Crippen molar-refractivity contribution in [3.8, 4) is 11.5 Å². The first-order valence-electron chi connectivity index (χ1n) is 11.4. The lowest BCUT2D eigenvalue weighted by Crippen LogP contribution is -2.40. The fourth-order valence-corrected chi connectivity index (χ4v) is 5.13. The number of hydrogen-bond donors (Lipinski definition) is 0. The third kappa shape index (κ3) is 5.11. The zero-order chi connectivity index (χ0) is 27.6. The van der Waals surface area contributed by atoms with Crippen LogP contribution in [0.1, 0.15) is 37.9 Å². The smallest absolute Gasteiger partial charge is 0.338 e. The van der Waals surface area contributed by atoms with Gasteiger partial charge in [-0.1, -0.05) is 29.5 Å². The van der Waals surface area contributed by atoms with Crippen LogP contribution >= 0.6 is 11.3 Å². The van der Waals surface area contributed by atoms with Crippen molar-refractivity contribution < 1.29 is 28.7 Å². The van der Waals surface area contributed by atoms with E-state index in [1.165, 1.54) is 36.8 Å². The van der Waals surface area contributed by atoms with E-state index in [0.29, 0.717) is 31.9 Å². The molecule has 1 aliphatic heterocycles. The van der Waals surface area contributed by atoms with Crippen molar-refractivity contribution in [3.63, 3.8) is 0 Å². The lowest BCUT2D eigenvalue weighted by atomic mass is 9.95. The molecule has 1 aliphatic rings. The van der Waals surface area contributed by atoms with Crippen LogP contribution in [0, 0.1) is 10.1 Å². The second kappa shape index (κ2) is 10.8. The molecule has 2 aromatic carbocycles. The number of methoxy groups -OCH3 is 1. The zero-order valence-corrected chi connectivity index (χ0v) is 21.7. The van der Waals surface area contributed by atoms with Crippen LogP contribution in [0.4, 0.5) is 5.69 Å². The summed E-state index contributed by atoms with van der Waals surface area (Å²) in [7, 11) is 1.43. The molecular formula is C26H23N3O8S. The Kier molecular flexibility index (Phi) is 7.53. The van der Waals surface area contributed by atoms with Crippen LogP contribution in [0.2, 0.25) is 0 Å². The summed E-state index contributed by atoms with van der Waals surface area (Å²) in [6, 6.07) is 9.63. The highest BCUT2D eigenvalue weighted by Crippen LogP contribution is 2.32. The number of hydrogen-bond acceptors (Lipinski definition) is 10. The maximum Gasteiger partial charge on any atom is 0.338 e. The average Bonchev–Trinajstić information content (AvgIpc) is 3.18. The molecule has 0 N–H and O–H groups in total. The number of allylic oxidation sites excluding steroid dienone is 1. The van der Waals surface area contributed by atoms with E-state index >= 15 is 0 Å². The fraction of sp³-hybridized carbons (Fsp3) is 0.231. The van der Waals surface area contributed by atoms with Gasteiger partial charge < -0.3 is 14.2 Å². The number of nitrogens with zero attached hydrogens (tertiary/aromatic N) is 3. The molecular weight excluding hydrogens is 514 g/mol. The summed E-state index contributed by atoms with van der Waals surface area (Å²) in [5.41, 5.74) is 0.816. The molecule has 1 unspecified atom stereocenters. The maximum absolute atomic E-state index is 13.7. The summed E-state index contributed by atoms with van der Waals surface area (Å²) in [6.07, 6.45) is 1.62. The molecule has 12 heteroatoms. The number of rotatable bonds is 7. The molecule has 11 nitrogen and oxygen atoms in total. The molecule has 1 atom stereocenters. The lowest BCUT2D eigenvalue weighted by Gasteiger charge is -2.24. The van der Waals surface area contributed by atoms with Gasteiger partial charge in [-0.05, 0) is 43.2 Å². The minimum Gasteiger partial charge on any atom is -0.493 e. The molecule has 0 bridgehead atoms. The van der Waals surface area contributed by atoms with Gasteiger partial charge in [0.05, 0.1) is 40.5 Å². The molecule has 3 aromatic rings. The Labute approximate surface area is 220 Å².